The van der Waals surface area contributed by atoms with E-state index in [4.69, 9.17) is 28.6 Å². The van der Waals surface area contributed by atoms with E-state index >= 15 is 0 Å². The van der Waals surface area contributed by atoms with Gasteiger partial charge in [-0.2, -0.15) is 5.26 Å². The number of nitrogens with one attached hydrogen (secondary N) is 1. The van der Waals surface area contributed by atoms with E-state index < -0.39 is 7.00 Å². The largest absolute Gasteiger partial charge is 0.496 e. The zero-order valence-electron chi connectivity index (χ0n) is 23.8. The Morgan fingerprint density at radius 1 is 1.11 bits per heavy atom. The zero-order chi connectivity index (χ0) is 28.2. The van der Waals surface area contributed by atoms with E-state index in [0.717, 1.165) is 63.3 Å². The second-order valence-electron chi connectivity index (χ2n) is 9.73. The highest BCUT2D eigenvalue weighted by atomic mass is 35.5. The number of pyridine rings is 1. The van der Waals surface area contributed by atoms with E-state index in [1.165, 1.54) is 0 Å². The van der Waals surface area contributed by atoms with Gasteiger partial charge in [0.15, 0.2) is 11.5 Å². The summed E-state index contributed by atoms with van der Waals surface area (Å²) in [6, 6.07) is 9.73. The number of piperazine rings is 1. The van der Waals surface area contributed by atoms with Crippen LogP contribution in [0.4, 0.5) is 11.4 Å². The summed E-state index contributed by atoms with van der Waals surface area (Å²) in [5.41, 5.74) is 3.38. The summed E-state index contributed by atoms with van der Waals surface area (Å²) in [6.07, 6.45) is 4.64. The Hall–Kier alpha value is -3.25. The van der Waals surface area contributed by atoms with Crippen LogP contribution < -0.4 is 19.5 Å². The molecule has 1 saturated heterocycles. The molecular weight excluding hydrogens is 502 g/mol. The molecule has 8 nitrogen and oxygen atoms in total. The Morgan fingerprint density at radius 2 is 1.89 bits per heavy atom. The van der Waals surface area contributed by atoms with Crippen molar-refractivity contribution in [1.29, 1.82) is 5.26 Å². The number of likely N-dealkylation sites (N-methyl/N-ethyl adjacent to an activating group) is 1. The maximum Gasteiger partial charge on any atom is 0.163 e. The first-order chi connectivity index (χ1) is 19.4. The summed E-state index contributed by atoms with van der Waals surface area (Å²) in [5, 5.41) is 14.5. The SMILES string of the molecule is [2H]C([2H])N1CCN(CCCOc2cc3ncc(C#N)c(Nc4cc(OC)c(C5CC5)cc4Cl)c3cc2OC)CC1. The van der Waals surface area contributed by atoms with Gasteiger partial charge in [0.1, 0.15) is 11.8 Å². The fourth-order valence-electron chi connectivity index (χ4n) is 4.84. The molecule has 1 aliphatic heterocycles. The van der Waals surface area contributed by atoms with Crippen LogP contribution in [0, 0.1) is 11.3 Å². The van der Waals surface area contributed by atoms with E-state index in [9.17, 15) is 5.26 Å². The number of nitrogens with zero attached hydrogens (tertiary/aromatic N) is 4. The van der Waals surface area contributed by atoms with E-state index in [-0.39, 0.29) is 0 Å². The average molecular weight is 538 g/mol. The number of hydrogen-bond donors (Lipinski definition) is 1. The lowest BCUT2D eigenvalue weighted by Crippen LogP contribution is -2.44. The molecule has 0 atom stereocenters. The molecular formula is C29H34ClN5O3. The highest BCUT2D eigenvalue weighted by molar-refractivity contribution is 6.33. The summed E-state index contributed by atoms with van der Waals surface area (Å²) >= 11 is 6.67. The van der Waals surface area contributed by atoms with E-state index in [2.05, 4.69) is 21.3 Å². The molecule has 200 valence electrons. The molecule has 5 rings (SSSR count). The van der Waals surface area contributed by atoms with Gasteiger partial charge in [0.05, 0.1) is 48.3 Å². The maximum absolute atomic E-state index is 9.86. The van der Waals surface area contributed by atoms with Crippen molar-refractivity contribution in [3.05, 3.63) is 46.6 Å². The fraction of sp³-hybridized carbons (Fsp3) is 0.448. The van der Waals surface area contributed by atoms with Crippen molar-refractivity contribution in [2.24, 2.45) is 0 Å². The first-order valence-electron chi connectivity index (χ1n) is 14.1. The molecule has 9 heteroatoms. The second-order valence-corrected chi connectivity index (χ2v) is 10.1. The van der Waals surface area contributed by atoms with Crippen molar-refractivity contribution in [2.75, 3.05) is 65.9 Å². The van der Waals surface area contributed by atoms with Crippen LogP contribution in [0.1, 0.15) is 39.0 Å². The number of anilines is 2. The summed E-state index contributed by atoms with van der Waals surface area (Å²) in [4.78, 5) is 8.70. The quantitative estimate of drug-likeness (QED) is 0.343. The van der Waals surface area contributed by atoms with Gasteiger partial charge in [0.2, 0.25) is 0 Å². The van der Waals surface area contributed by atoms with Gasteiger partial charge in [-0.1, -0.05) is 11.6 Å². The lowest BCUT2D eigenvalue weighted by atomic mass is 10.1. The number of halogens is 1. The smallest absolute Gasteiger partial charge is 0.163 e. The molecule has 1 aromatic heterocycles. The lowest BCUT2D eigenvalue weighted by Gasteiger charge is -2.32. The molecule has 0 bridgehead atoms. The molecule has 1 N–H and O–H groups in total. The van der Waals surface area contributed by atoms with Crippen LogP contribution in [0.25, 0.3) is 10.9 Å². The van der Waals surface area contributed by atoms with E-state index in [0.29, 0.717) is 56.9 Å². The number of ether oxygens (including phenoxy) is 3. The third-order valence-corrected chi connectivity index (χ3v) is 7.47. The van der Waals surface area contributed by atoms with E-state index in [1.54, 1.807) is 20.4 Å². The Bertz CT molecular complexity index is 1400. The average Bonchev–Trinajstić information content (AvgIpc) is 3.81. The number of nitriles is 1. The molecule has 0 amide bonds. The summed E-state index contributed by atoms with van der Waals surface area (Å²) in [6.45, 7) is 3.69. The molecule has 38 heavy (non-hydrogen) atoms. The molecule has 0 radical (unpaired) electrons. The normalized spacial score (nSPS) is 17.1. The predicted molar refractivity (Wildman–Crippen MR) is 150 cm³/mol. The van der Waals surface area contributed by atoms with Gasteiger partial charge in [-0.15, -0.1) is 0 Å². The van der Waals surface area contributed by atoms with Gasteiger partial charge in [-0.3, -0.25) is 4.98 Å². The molecule has 0 unspecified atom stereocenters. The van der Waals surface area contributed by atoms with Gasteiger partial charge in [0.25, 0.3) is 0 Å². The standard InChI is InChI=1S/C29H34ClN5O3/c1-34-8-10-35(11-9-34)7-4-12-38-28-15-24-22(14-27(28)37-3)29(20(17-31)18-32-24)33-25-16-26(36-2)21(13-23(25)30)19-5-6-19/h13-16,18-19H,4-12H2,1-3H3,(H,32,33)/i1D2. The molecule has 0 spiro atoms. The summed E-state index contributed by atoms with van der Waals surface area (Å²) in [7, 11) is 3.24. The van der Waals surface area contributed by atoms with Crippen LogP contribution in [0.2, 0.25) is 5.02 Å². The maximum atomic E-state index is 9.86. The molecule has 3 aromatic rings. The van der Waals surface area contributed by atoms with Crippen molar-refractivity contribution in [3.8, 4) is 23.3 Å². The molecule has 2 aliphatic rings. The molecule has 1 saturated carbocycles. The fourth-order valence-corrected chi connectivity index (χ4v) is 5.06. The van der Waals surface area contributed by atoms with Gasteiger partial charge in [-0.25, -0.2) is 0 Å². The number of aromatic nitrogens is 1. The number of benzene rings is 2. The first-order valence-corrected chi connectivity index (χ1v) is 13.3. The second kappa shape index (κ2) is 11.6. The molecule has 2 fully saturated rings. The predicted octanol–water partition coefficient (Wildman–Crippen LogP) is 5.41. The van der Waals surface area contributed by atoms with Crippen molar-refractivity contribution in [1.82, 2.24) is 14.8 Å². The van der Waals surface area contributed by atoms with Crippen LogP contribution in [-0.2, 0) is 0 Å². The van der Waals surface area contributed by atoms with Crippen LogP contribution in [0.15, 0.2) is 30.5 Å². The van der Waals surface area contributed by atoms with E-state index in [1.807, 2.05) is 29.2 Å². The van der Waals surface area contributed by atoms with Gasteiger partial charge in [0, 0.05) is 59.2 Å². The minimum Gasteiger partial charge on any atom is -0.496 e. The topological polar surface area (TPSA) is 82.9 Å². The summed E-state index contributed by atoms with van der Waals surface area (Å²) < 4.78 is 32.5. The molecule has 2 heterocycles. The zero-order valence-corrected chi connectivity index (χ0v) is 22.6. The van der Waals surface area contributed by atoms with Crippen LogP contribution in [-0.4, -0.2) is 75.3 Å². The van der Waals surface area contributed by atoms with Gasteiger partial charge in [-0.05, 0) is 49.9 Å². The first kappa shape index (κ1) is 23.8. The van der Waals surface area contributed by atoms with Gasteiger partial charge < -0.3 is 29.3 Å². The van der Waals surface area contributed by atoms with Crippen molar-refractivity contribution >= 4 is 33.9 Å². The van der Waals surface area contributed by atoms with Crippen molar-refractivity contribution in [2.45, 2.75) is 25.2 Å². The summed E-state index contributed by atoms with van der Waals surface area (Å²) in [5.74, 6) is 2.39. The van der Waals surface area contributed by atoms with Crippen molar-refractivity contribution < 1.29 is 17.0 Å². The highest BCUT2D eigenvalue weighted by Gasteiger charge is 2.28. The Balaban J connectivity index is 1.33. The third kappa shape index (κ3) is 5.75. The number of rotatable bonds is 10. The van der Waals surface area contributed by atoms with Crippen molar-refractivity contribution in [3.63, 3.8) is 0 Å². The molecule has 2 aromatic carbocycles. The number of hydrogen-bond acceptors (Lipinski definition) is 8. The minimum atomic E-state index is -0.896. The van der Waals surface area contributed by atoms with Crippen LogP contribution in [0.3, 0.4) is 0 Å². The molecule has 1 aliphatic carbocycles. The Kier molecular flexibility index (Phi) is 7.31. The van der Waals surface area contributed by atoms with Crippen LogP contribution >= 0.6 is 11.6 Å². The third-order valence-electron chi connectivity index (χ3n) is 7.15. The number of fused-ring (bicyclic) bond motifs is 1. The van der Waals surface area contributed by atoms with Gasteiger partial charge >= 0.3 is 0 Å². The number of methoxy groups -OCH3 is 2. The lowest BCUT2D eigenvalue weighted by molar-refractivity contribution is 0.145. The minimum absolute atomic E-state index is 0.381. The monoisotopic (exact) mass is 537 g/mol. The highest BCUT2D eigenvalue weighted by Crippen LogP contribution is 2.47. The Labute approximate surface area is 231 Å². The van der Waals surface area contributed by atoms with Crippen LogP contribution in [0.5, 0.6) is 17.2 Å². The Morgan fingerprint density at radius 3 is 2.58 bits per heavy atom.